The Morgan fingerprint density at radius 1 is 1.00 bits per heavy atom. The topological polar surface area (TPSA) is 29.3 Å². The molecule has 0 unspecified atom stereocenters. The summed E-state index contributed by atoms with van der Waals surface area (Å²) in [5, 5.41) is 0. The molecular formula is C17H22N2. The predicted molar refractivity (Wildman–Crippen MR) is 83.9 cm³/mol. The Morgan fingerprint density at radius 3 is 2.37 bits per heavy atom. The number of hydrogen-bond donors (Lipinski definition) is 1. The second kappa shape index (κ2) is 6.28. The van der Waals surface area contributed by atoms with Gasteiger partial charge in [-0.2, -0.15) is 0 Å². The molecule has 0 aliphatic rings. The Balaban J connectivity index is 2.34. The van der Waals surface area contributed by atoms with Gasteiger partial charge in [0, 0.05) is 23.6 Å². The third-order valence-electron chi connectivity index (χ3n) is 3.37. The molecule has 2 rings (SSSR count). The number of para-hydroxylation sites is 1. The van der Waals surface area contributed by atoms with Crippen LogP contribution in [0.3, 0.4) is 0 Å². The van der Waals surface area contributed by atoms with E-state index in [1.54, 1.807) is 0 Å². The number of benzene rings is 2. The molecule has 2 heteroatoms. The van der Waals surface area contributed by atoms with Gasteiger partial charge in [0.15, 0.2) is 0 Å². The second-order valence-electron chi connectivity index (χ2n) is 4.88. The first-order valence-electron chi connectivity index (χ1n) is 6.91. The Labute approximate surface area is 115 Å². The van der Waals surface area contributed by atoms with Crippen molar-refractivity contribution in [3.63, 3.8) is 0 Å². The highest BCUT2D eigenvalue weighted by atomic mass is 15.1. The first kappa shape index (κ1) is 13.5. The van der Waals surface area contributed by atoms with Gasteiger partial charge in [-0.05, 0) is 49.2 Å². The summed E-state index contributed by atoms with van der Waals surface area (Å²) in [5.74, 6) is 0. The average Bonchev–Trinajstić information content (AvgIpc) is 2.44. The highest BCUT2D eigenvalue weighted by molar-refractivity contribution is 5.66. The summed E-state index contributed by atoms with van der Waals surface area (Å²) in [6, 6.07) is 16.8. The molecule has 2 nitrogen and oxygen atoms in total. The second-order valence-corrected chi connectivity index (χ2v) is 4.88. The molecule has 2 aromatic carbocycles. The molecule has 0 atom stereocenters. The lowest BCUT2D eigenvalue weighted by molar-refractivity contribution is 0.785. The highest BCUT2D eigenvalue weighted by Gasteiger charge is 2.09. The lowest BCUT2D eigenvalue weighted by Crippen LogP contribution is -2.18. The fourth-order valence-electron chi connectivity index (χ4n) is 2.16. The van der Waals surface area contributed by atoms with E-state index < -0.39 is 0 Å². The molecule has 100 valence electrons. The summed E-state index contributed by atoms with van der Waals surface area (Å²) in [7, 11) is 0. The van der Waals surface area contributed by atoms with Gasteiger partial charge in [0.2, 0.25) is 0 Å². The normalized spacial score (nSPS) is 10.4. The van der Waals surface area contributed by atoms with E-state index in [2.05, 4.69) is 61.2 Å². The van der Waals surface area contributed by atoms with Gasteiger partial charge >= 0.3 is 0 Å². The van der Waals surface area contributed by atoms with Crippen LogP contribution in [-0.4, -0.2) is 6.54 Å². The Hall–Kier alpha value is -1.96. The number of anilines is 3. The number of nitrogens with zero attached hydrogens (tertiary/aromatic N) is 1. The van der Waals surface area contributed by atoms with Gasteiger partial charge in [-0.15, -0.1) is 0 Å². The summed E-state index contributed by atoms with van der Waals surface area (Å²) < 4.78 is 0. The Bertz CT molecular complexity index is 520. The zero-order valence-electron chi connectivity index (χ0n) is 11.8. The molecule has 0 aliphatic heterocycles. The van der Waals surface area contributed by atoms with Crippen LogP contribution < -0.4 is 10.6 Å². The Kier molecular flexibility index (Phi) is 4.45. The van der Waals surface area contributed by atoms with Crippen molar-refractivity contribution >= 4 is 17.1 Å². The minimum absolute atomic E-state index is 0.854. The molecule has 0 radical (unpaired) electrons. The first-order chi connectivity index (χ1) is 9.22. The smallest absolute Gasteiger partial charge is 0.0414 e. The maximum atomic E-state index is 5.91. The van der Waals surface area contributed by atoms with Gasteiger partial charge in [0.05, 0.1) is 0 Å². The van der Waals surface area contributed by atoms with Crippen molar-refractivity contribution in [2.24, 2.45) is 0 Å². The predicted octanol–water partition coefficient (Wildman–Crippen LogP) is 4.52. The van der Waals surface area contributed by atoms with E-state index >= 15 is 0 Å². The summed E-state index contributed by atoms with van der Waals surface area (Å²) in [6.07, 6.45) is 2.37. The van der Waals surface area contributed by atoms with Gasteiger partial charge in [-0.3, -0.25) is 0 Å². The van der Waals surface area contributed by atoms with Gasteiger partial charge in [-0.1, -0.05) is 31.5 Å². The highest BCUT2D eigenvalue weighted by Crippen LogP contribution is 2.28. The van der Waals surface area contributed by atoms with Gasteiger partial charge in [-0.25, -0.2) is 0 Å². The molecule has 0 aliphatic carbocycles. The van der Waals surface area contributed by atoms with Crippen LogP contribution in [0.4, 0.5) is 17.1 Å². The number of hydrogen-bond acceptors (Lipinski definition) is 2. The fourth-order valence-corrected chi connectivity index (χ4v) is 2.16. The quantitative estimate of drug-likeness (QED) is 0.795. The summed E-state index contributed by atoms with van der Waals surface area (Å²) in [4.78, 5) is 2.36. The molecule has 0 fully saturated rings. The van der Waals surface area contributed by atoms with Crippen LogP contribution in [0.1, 0.15) is 25.3 Å². The third kappa shape index (κ3) is 3.28. The lowest BCUT2D eigenvalue weighted by atomic mass is 10.1. The zero-order chi connectivity index (χ0) is 13.7. The monoisotopic (exact) mass is 254 g/mol. The molecule has 0 bridgehead atoms. The summed E-state index contributed by atoms with van der Waals surface area (Å²) >= 11 is 0. The number of unbranched alkanes of at least 4 members (excludes halogenated alkanes) is 1. The number of nitrogens with two attached hydrogens (primary N) is 1. The molecule has 0 amide bonds. The van der Waals surface area contributed by atoms with Crippen LogP contribution in [0, 0.1) is 6.92 Å². The van der Waals surface area contributed by atoms with E-state index in [4.69, 9.17) is 5.73 Å². The molecular weight excluding hydrogens is 232 g/mol. The molecule has 19 heavy (non-hydrogen) atoms. The van der Waals surface area contributed by atoms with Crippen molar-refractivity contribution in [3.8, 4) is 0 Å². The molecule has 0 saturated heterocycles. The van der Waals surface area contributed by atoms with Crippen molar-refractivity contribution in [3.05, 3.63) is 54.1 Å². The van der Waals surface area contributed by atoms with Crippen molar-refractivity contribution in [1.82, 2.24) is 0 Å². The third-order valence-corrected chi connectivity index (χ3v) is 3.37. The minimum Gasteiger partial charge on any atom is -0.399 e. The molecule has 2 aromatic rings. The largest absolute Gasteiger partial charge is 0.399 e. The molecule has 2 N–H and O–H groups in total. The SMILES string of the molecule is CCCCN(c1ccccc1)c1ccc(N)c(C)c1. The molecule has 0 spiro atoms. The molecule has 0 saturated carbocycles. The van der Waals surface area contributed by atoms with Gasteiger partial charge in [0.1, 0.15) is 0 Å². The van der Waals surface area contributed by atoms with Crippen LogP contribution in [0.2, 0.25) is 0 Å². The van der Waals surface area contributed by atoms with Crippen LogP contribution in [0.15, 0.2) is 48.5 Å². The summed E-state index contributed by atoms with van der Waals surface area (Å²) in [6.45, 7) is 5.31. The van der Waals surface area contributed by atoms with Crippen LogP contribution >= 0.6 is 0 Å². The number of rotatable bonds is 5. The molecule has 0 aromatic heterocycles. The van der Waals surface area contributed by atoms with Gasteiger partial charge < -0.3 is 10.6 Å². The van der Waals surface area contributed by atoms with Crippen LogP contribution in [-0.2, 0) is 0 Å². The summed E-state index contributed by atoms with van der Waals surface area (Å²) in [5.41, 5.74) is 10.3. The van der Waals surface area contributed by atoms with Crippen molar-refractivity contribution in [2.75, 3.05) is 17.2 Å². The van der Waals surface area contributed by atoms with Crippen molar-refractivity contribution < 1.29 is 0 Å². The van der Waals surface area contributed by atoms with E-state index in [1.165, 1.54) is 24.2 Å². The fraction of sp³-hybridized carbons (Fsp3) is 0.294. The maximum Gasteiger partial charge on any atom is 0.0414 e. The lowest BCUT2D eigenvalue weighted by Gasteiger charge is -2.25. The zero-order valence-corrected chi connectivity index (χ0v) is 11.8. The van der Waals surface area contributed by atoms with Crippen LogP contribution in [0.5, 0.6) is 0 Å². The number of nitrogen functional groups attached to an aromatic ring is 1. The van der Waals surface area contributed by atoms with E-state index in [9.17, 15) is 0 Å². The van der Waals surface area contributed by atoms with E-state index in [1.807, 2.05) is 6.07 Å². The van der Waals surface area contributed by atoms with Crippen molar-refractivity contribution in [2.45, 2.75) is 26.7 Å². The van der Waals surface area contributed by atoms with Crippen molar-refractivity contribution in [1.29, 1.82) is 0 Å². The first-order valence-corrected chi connectivity index (χ1v) is 6.91. The van der Waals surface area contributed by atoms with E-state index in [0.717, 1.165) is 17.8 Å². The van der Waals surface area contributed by atoms with E-state index in [0.29, 0.717) is 0 Å². The maximum absolute atomic E-state index is 5.91. The van der Waals surface area contributed by atoms with E-state index in [-0.39, 0.29) is 0 Å². The van der Waals surface area contributed by atoms with Crippen LogP contribution in [0.25, 0.3) is 0 Å². The standard InChI is InChI=1S/C17H22N2/c1-3-4-12-19(15-8-6-5-7-9-15)16-10-11-17(18)14(2)13-16/h5-11,13H,3-4,12,18H2,1-2H3. The van der Waals surface area contributed by atoms with Gasteiger partial charge in [0.25, 0.3) is 0 Å². The minimum atomic E-state index is 0.854. The Morgan fingerprint density at radius 2 is 1.74 bits per heavy atom. The molecule has 0 heterocycles. The number of aryl methyl sites for hydroxylation is 1. The average molecular weight is 254 g/mol.